The molecule has 0 saturated carbocycles. The third-order valence-electron chi connectivity index (χ3n) is 7.06. The van der Waals surface area contributed by atoms with E-state index in [2.05, 4.69) is 11.6 Å². The molecular weight excluding hydrogens is 524 g/mol. The van der Waals surface area contributed by atoms with Gasteiger partial charge < -0.3 is 14.2 Å². The van der Waals surface area contributed by atoms with Crippen LogP contribution in [-0.2, 0) is 9.59 Å². The van der Waals surface area contributed by atoms with Crippen LogP contribution in [0.1, 0.15) is 34.1 Å². The summed E-state index contributed by atoms with van der Waals surface area (Å²) in [7, 11) is 0. The number of aromatic nitrogens is 3. The van der Waals surface area contributed by atoms with Gasteiger partial charge in [-0.3, -0.25) is 14.5 Å². The molecule has 2 aromatic carbocycles. The number of pyridine rings is 1. The lowest BCUT2D eigenvalue weighted by Gasteiger charge is -2.23. The van der Waals surface area contributed by atoms with Gasteiger partial charge in [0.25, 0.3) is 5.78 Å². The van der Waals surface area contributed by atoms with E-state index in [-0.39, 0.29) is 17.0 Å². The van der Waals surface area contributed by atoms with Crippen LogP contribution in [-0.4, -0.2) is 37.8 Å². The molecule has 1 amide bonds. The SMILES string of the molecule is C=CCOc1ccc(C2C(=C(O)c3nc4c(C)cccn4c3C)C(=O)C(=O)N2c2nc3ccc(C)cc3s2)cc1. The fourth-order valence-electron chi connectivity index (χ4n) is 5.04. The first kappa shape index (κ1) is 25.5. The summed E-state index contributed by atoms with van der Waals surface area (Å²) in [5.41, 5.74) is 4.87. The number of benzene rings is 2. The van der Waals surface area contributed by atoms with Gasteiger partial charge in [0.05, 0.1) is 27.5 Å². The molecule has 5 aromatic rings. The summed E-state index contributed by atoms with van der Waals surface area (Å²) in [4.78, 5) is 38.0. The molecule has 1 N–H and O–H groups in total. The van der Waals surface area contributed by atoms with E-state index in [1.165, 1.54) is 16.2 Å². The number of aryl methyl sites for hydroxylation is 3. The number of aliphatic hydroxyl groups is 1. The summed E-state index contributed by atoms with van der Waals surface area (Å²) < 4.78 is 8.39. The van der Waals surface area contributed by atoms with E-state index in [0.717, 1.165) is 21.3 Å². The van der Waals surface area contributed by atoms with E-state index in [1.807, 2.05) is 61.7 Å². The molecule has 0 aliphatic carbocycles. The molecule has 1 unspecified atom stereocenters. The third-order valence-corrected chi connectivity index (χ3v) is 8.07. The molecule has 3 aromatic heterocycles. The first-order valence-electron chi connectivity index (χ1n) is 12.7. The van der Waals surface area contributed by atoms with Crippen LogP contribution >= 0.6 is 11.3 Å². The maximum atomic E-state index is 13.7. The Bertz CT molecular complexity index is 1870. The fourth-order valence-corrected chi connectivity index (χ4v) is 6.13. The Labute approximate surface area is 234 Å². The summed E-state index contributed by atoms with van der Waals surface area (Å²) in [6.45, 7) is 9.75. The number of fused-ring (bicyclic) bond motifs is 2. The van der Waals surface area contributed by atoms with Crippen LogP contribution in [0.3, 0.4) is 0 Å². The number of nitrogens with zero attached hydrogens (tertiary/aromatic N) is 4. The first-order valence-corrected chi connectivity index (χ1v) is 13.6. The summed E-state index contributed by atoms with van der Waals surface area (Å²) in [5, 5.41) is 12.1. The molecule has 1 aliphatic rings. The van der Waals surface area contributed by atoms with Crippen LogP contribution in [0, 0.1) is 20.8 Å². The molecule has 0 radical (unpaired) electrons. The number of hydrogen-bond donors (Lipinski definition) is 1. The van der Waals surface area contributed by atoms with Crippen LogP contribution in [0.4, 0.5) is 5.13 Å². The molecule has 1 fully saturated rings. The Hall–Kier alpha value is -4.76. The van der Waals surface area contributed by atoms with Gasteiger partial charge in [-0.1, -0.05) is 48.3 Å². The number of ketones is 1. The van der Waals surface area contributed by atoms with Crippen molar-refractivity contribution in [2.45, 2.75) is 26.8 Å². The van der Waals surface area contributed by atoms with Crippen molar-refractivity contribution in [2.75, 3.05) is 11.5 Å². The highest BCUT2D eigenvalue weighted by Gasteiger charge is 2.48. The number of imidazole rings is 1. The van der Waals surface area contributed by atoms with Crippen molar-refractivity contribution in [1.82, 2.24) is 14.4 Å². The fraction of sp³-hybridized carbons (Fsp3) is 0.161. The molecule has 6 rings (SSSR count). The van der Waals surface area contributed by atoms with Crippen molar-refractivity contribution in [3.05, 3.63) is 107 Å². The smallest absolute Gasteiger partial charge is 0.301 e. The molecular formula is C31H26N4O4S. The van der Waals surface area contributed by atoms with E-state index in [4.69, 9.17) is 9.72 Å². The second-order valence-corrected chi connectivity index (χ2v) is 10.7. The predicted octanol–water partition coefficient (Wildman–Crippen LogP) is 6.06. The Morgan fingerprint density at radius 3 is 2.60 bits per heavy atom. The van der Waals surface area contributed by atoms with E-state index in [9.17, 15) is 14.7 Å². The minimum Gasteiger partial charge on any atom is -0.505 e. The van der Waals surface area contributed by atoms with Gasteiger partial charge in [0, 0.05) is 6.20 Å². The molecule has 0 bridgehead atoms. The Balaban J connectivity index is 1.56. The number of thiazole rings is 1. The minimum atomic E-state index is -0.916. The van der Waals surface area contributed by atoms with Crippen LogP contribution in [0.15, 0.2) is 79.0 Å². The number of carbonyl (C=O) groups excluding carboxylic acids is 2. The lowest BCUT2D eigenvalue weighted by Crippen LogP contribution is -2.29. The second kappa shape index (κ2) is 9.77. The summed E-state index contributed by atoms with van der Waals surface area (Å²) in [6, 6.07) is 15.8. The van der Waals surface area contributed by atoms with Gasteiger partial charge in [0.2, 0.25) is 0 Å². The Morgan fingerprint density at radius 1 is 1.10 bits per heavy atom. The van der Waals surface area contributed by atoms with Crippen molar-refractivity contribution in [2.24, 2.45) is 0 Å². The van der Waals surface area contributed by atoms with Crippen molar-refractivity contribution in [3.63, 3.8) is 0 Å². The van der Waals surface area contributed by atoms with Gasteiger partial charge in [-0.05, 0) is 67.8 Å². The monoisotopic (exact) mass is 550 g/mol. The molecule has 8 nitrogen and oxygen atoms in total. The van der Waals surface area contributed by atoms with E-state index < -0.39 is 17.7 Å². The number of rotatable bonds is 6. The first-order chi connectivity index (χ1) is 19.3. The summed E-state index contributed by atoms with van der Waals surface area (Å²) >= 11 is 1.33. The third kappa shape index (κ3) is 4.06. The molecule has 9 heteroatoms. The molecule has 4 heterocycles. The maximum Gasteiger partial charge on any atom is 0.301 e. The lowest BCUT2D eigenvalue weighted by atomic mass is 9.96. The number of ether oxygens (including phenoxy) is 1. The molecule has 0 spiro atoms. The molecule has 1 saturated heterocycles. The number of carbonyl (C=O) groups is 2. The van der Waals surface area contributed by atoms with Gasteiger partial charge in [-0.2, -0.15) is 0 Å². The average Bonchev–Trinajstić information content (AvgIpc) is 3.60. The zero-order valence-corrected chi connectivity index (χ0v) is 23.0. The zero-order valence-electron chi connectivity index (χ0n) is 22.2. The highest BCUT2D eigenvalue weighted by atomic mass is 32.1. The van der Waals surface area contributed by atoms with Crippen LogP contribution < -0.4 is 9.64 Å². The van der Waals surface area contributed by atoms with Gasteiger partial charge in [-0.25, -0.2) is 9.97 Å². The number of anilines is 1. The van der Waals surface area contributed by atoms with E-state index >= 15 is 0 Å². The minimum absolute atomic E-state index is 0.0376. The van der Waals surface area contributed by atoms with Gasteiger partial charge in [-0.15, -0.1) is 0 Å². The Kier molecular flexibility index (Phi) is 6.23. The van der Waals surface area contributed by atoms with Crippen molar-refractivity contribution in [1.29, 1.82) is 0 Å². The molecule has 1 aliphatic heterocycles. The summed E-state index contributed by atoms with van der Waals surface area (Å²) in [5.74, 6) is -1.26. The van der Waals surface area contributed by atoms with Gasteiger partial charge in [0.1, 0.15) is 23.7 Å². The van der Waals surface area contributed by atoms with Gasteiger partial charge in [0.15, 0.2) is 10.9 Å². The molecule has 40 heavy (non-hydrogen) atoms. The van der Waals surface area contributed by atoms with Crippen molar-refractivity contribution >= 4 is 49.8 Å². The van der Waals surface area contributed by atoms with E-state index in [1.54, 1.807) is 30.3 Å². The quantitative estimate of drug-likeness (QED) is 0.119. The van der Waals surface area contributed by atoms with Crippen LogP contribution in [0.5, 0.6) is 5.75 Å². The standard InChI is InChI=1S/C31H26N4O4S/c1-5-15-39-21-11-9-20(10-12-21)26-24(27(36)25-19(4)34-14-6-7-18(3)29(34)33-25)28(37)30(38)35(26)31-32-22-13-8-17(2)16-23(22)40-31/h5-14,16,26,36H,1,15H2,2-4H3. The maximum absolute atomic E-state index is 13.7. The Morgan fingerprint density at radius 2 is 1.88 bits per heavy atom. The topological polar surface area (TPSA) is 97.0 Å². The number of hydrogen-bond acceptors (Lipinski definition) is 7. The van der Waals surface area contributed by atoms with E-state index in [0.29, 0.717) is 34.4 Å². The number of amides is 1. The molecule has 200 valence electrons. The zero-order chi connectivity index (χ0) is 28.1. The van der Waals surface area contributed by atoms with Gasteiger partial charge >= 0.3 is 5.91 Å². The highest BCUT2D eigenvalue weighted by molar-refractivity contribution is 7.22. The lowest BCUT2D eigenvalue weighted by molar-refractivity contribution is -0.132. The second-order valence-electron chi connectivity index (χ2n) is 9.74. The van der Waals surface area contributed by atoms with Crippen LogP contribution in [0.2, 0.25) is 0 Å². The van der Waals surface area contributed by atoms with Crippen molar-refractivity contribution < 1.29 is 19.4 Å². The predicted molar refractivity (Wildman–Crippen MR) is 156 cm³/mol. The highest BCUT2D eigenvalue weighted by Crippen LogP contribution is 2.45. The normalized spacial score (nSPS) is 16.8. The number of Topliss-reactive ketones (excluding diaryl/α,β-unsaturated/α-hetero) is 1. The largest absolute Gasteiger partial charge is 0.505 e. The summed E-state index contributed by atoms with van der Waals surface area (Å²) in [6.07, 6.45) is 3.50. The van der Waals surface area contributed by atoms with Crippen molar-refractivity contribution in [3.8, 4) is 5.75 Å². The average molecular weight is 551 g/mol. The molecule has 1 atom stereocenters. The van der Waals surface area contributed by atoms with Crippen LogP contribution in [0.25, 0.3) is 21.6 Å². The number of aliphatic hydroxyl groups excluding tert-OH is 1.